The lowest BCUT2D eigenvalue weighted by Gasteiger charge is -2.00. The first-order chi connectivity index (χ1) is 9.33. The SMILES string of the molecule is CCCCCCCCSc1nsc(N=[N+]=[N-])c1C#N. The molecule has 0 amide bonds. The van der Waals surface area contributed by atoms with E-state index in [1.54, 1.807) is 11.8 Å². The maximum atomic E-state index is 9.03. The number of nitrogens with zero attached hydrogens (tertiary/aromatic N) is 5. The summed E-state index contributed by atoms with van der Waals surface area (Å²) in [7, 11) is 0. The number of hydrogen-bond donors (Lipinski definition) is 0. The normalized spacial score (nSPS) is 9.89. The Morgan fingerprint density at radius 1 is 1.37 bits per heavy atom. The predicted molar refractivity (Wildman–Crippen MR) is 79.7 cm³/mol. The van der Waals surface area contributed by atoms with Gasteiger partial charge in [0.15, 0.2) is 0 Å². The van der Waals surface area contributed by atoms with Crippen molar-refractivity contribution in [2.24, 2.45) is 5.11 Å². The third-order valence-electron chi connectivity index (χ3n) is 2.63. The molecule has 1 heterocycles. The van der Waals surface area contributed by atoms with Crippen LogP contribution in [-0.2, 0) is 0 Å². The lowest BCUT2D eigenvalue weighted by atomic mass is 10.1. The zero-order valence-electron chi connectivity index (χ0n) is 11.0. The second-order valence-electron chi connectivity index (χ2n) is 4.09. The average Bonchev–Trinajstić information content (AvgIpc) is 2.80. The van der Waals surface area contributed by atoms with E-state index in [1.807, 2.05) is 0 Å². The highest BCUT2D eigenvalue weighted by Crippen LogP contribution is 2.33. The van der Waals surface area contributed by atoms with E-state index < -0.39 is 0 Å². The maximum absolute atomic E-state index is 9.03. The van der Waals surface area contributed by atoms with Crippen molar-refractivity contribution in [3.63, 3.8) is 0 Å². The molecular weight excluding hydrogens is 278 g/mol. The van der Waals surface area contributed by atoms with Gasteiger partial charge in [0.1, 0.15) is 21.7 Å². The Labute approximate surface area is 121 Å². The van der Waals surface area contributed by atoms with Crippen molar-refractivity contribution in [2.45, 2.75) is 50.5 Å². The molecule has 0 aliphatic carbocycles. The van der Waals surface area contributed by atoms with Crippen molar-refractivity contribution in [3.05, 3.63) is 16.0 Å². The number of aromatic nitrogens is 1. The van der Waals surface area contributed by atoms with Gasteiger partial charge < -0.3 is 0 Å². The minimum atomic E-state index is 0.371. The molecule has 0 aliphatic heterocycles. The van der Waals surface area contributed by atoms with Gasteiger partial charge in [-0.1, -0.05) is 39.0 Å². The zero-order chi connectivity index (χ0) is 13.9. The van der Waals surface area contributed by atoms with Crippen molar-refractivity contribution in [3.8, 4) is 6.07 Å². The van der Waals surface area contributed by atoms with Crippen LogP contribution in [0.3, 0.4) is 0 Å². The average molecular weight is 295 g/mol. The summed E-state index contributed by atoms with van der Waals surface area (Å²) in [6, 6.07) is 2.06. The van der Waals surface area contributed by atoms with E-state index in [0.717, 1.165) is 23.7 Å². The van der Waals surface area contributed by atoms with Gasteiger partial charge in [-0.3, -0.25) is 0 Å². The molecule has 1 aromatic heterocycles. The molecule has 0 bridgehead atoms. The Balaban J connectivity index is 2.34. The molecule has 0 saturated carbocycles. The van der Waals surface area contributed by atoms with Gasteiger partial charge >= 0.3 is 0 Å². The van der Waals surface area contributed by atoms with Crippen LogP contribution >= 0.6 is 23.3 Å². The topological polar surface area (TPSA) is 85.4 Å². The predicted octanol–water partition coefficient (Wildman–Crippen LogP) is 5.41. The van der Waals surface area contributed by atoms with Crippen LogP contribution in [0.1, 0.15) is 51.0 Å². The fraction of sp³-hybridized carbons (Fsp3) is 0.667. The van der Waals surface area contributed by atoms with E-state index in [2.05, 4.69) is 27.4 Å². The minimum Gasteiger partial charge on any atom is -0.192 e. The number of hydrogen-bond acceptors (Lipinski definition) is 5. The van der Waals surface area contributed by atoms with Gasteiger partial charge in [-0.25, -0.2) is 0 Å². The molecule has 7 heteroatoms. The molecule has 1 rings (SSSR count). The van der Waals surface area contributed by atoms with E-state index >= 15 is 0 Å². The number of azide groups is 1. The molecule has 0 aromatic carbocycles. The Bertz CT molecular complexity index is 471. The van der Waals surface area contributed by atoms with Crippen molar-refractivity contribution >= 4 is 28.3 Å². The first-order valence-electron chi connectivity index (χ1n) is 6.41. The smallest absolute Gasteiger partial charge is 0.130 e. The summed E-state index contributed by atoms with van der Waals surface area (Å²) in [6.07, 6.45) is 7.52. The Kier molecular flexibility index (Phi) is 8.07. The van der Waals surface area contributed by atoms with Crippen LogP contribution in [0.15, 0.2) is 10.1 Å². The molecule has 5 nitrogen and oxygen atoms in total. The summed E-state index contributed by atoms with van der Waals surface area (Å²) < 4.78 is 4.17. The van der Waals surface area contributed by atoms with Crippen molar-refractivity contribution in [2.75, 3.05) is 5.75 Å². The zero-order valence-corrected chi connectivity index (χ0v) is 12.6. The fourth-order valence-electron chi connectivity index (χ4n) is 1.62. The van der Waals surface area contributed by atoms with Crippen LogP contribution in [0.2, 0.25) is 0 Å². The molecule has 0 radical (unpaired) electrons. The molecule has 0 atom stereocenters. The highest BCUT2D eigenvalue weighted by Gasteiger charge is 2.12. The molecule has 0 saturated heterocycles. The monoisotopic (exact) mass is 295 g/mol. The summed E-state index contributed by atoms with van der Waals surface area (Å²) in [6.45, 7) is 2.21. The molecule has 0 fully saturated rings. The number of nitriles is 1. The Hall–Kier alpha value is -1.22. The highest BCUT2D eigenvalue weighted by atomic mass is 32.2. The van der Waals surface area contributed by atoms with Crippen LogP contribution in [0.25, 0.3) is 10.4 Å². The second kappa shape index (κ2) is 9.68. The number of unbranched alkanes of at least 4 members (excludes halogenated alkanes) is 5. The minimum absolute atomic E-state index is 0.371. The molecule has 0 spiro atoms. The van der Waals surface area contributed by atoms with Gasteiger partial charge in [0.25, 0.3) is 0 Å². The van der Waals surface area contributed by atoms with Gasteiger partial charge in [0, 0.05) is 4.91 Å². The fourth-order valence-corrected chi connectivity index (χ4v) is 3.40. The largest absolute Gasteiger partial charge is 0.192 e. The number of rotatable bonds is 9. The van der Waals surface area contributed by atoms with Crippen molar-refractivity contribution < 1.29 is 0 Å². The van der Waals surface area contributed by atoms with Gasteiger partial charge in [-0.15, -0.1) is 11.8 Å². The van der Waals surface area contributed by atoms with Crippen LogP contribution in [-0.4, -0.2) is 10.1 Å². The Morgan fingerprint density at radius 2 is 2.11 bits per heavy atom. The third-order valence-corrected chi connectivity index (χ3v) is 4.54. The summed E-state index contributed by atoms with van der Waals surface area (Å²) in [4.78, 5) is 2.70. The van der Waals surface area contributed by atoms with Crippen molar-refractivity contribution in [1.29, 1.82) is 5.26 Å². The summed E-state index contributed by atoms with van der Waals surface area (Å²) in [5.74, 6) is 0.959. The quantitative estimate of drug-likeness (QED) is 0.201. The second-order valence-corrected chi connectivity index (χ2v) is 5.92. The van der Waals surface area contributed by atoms with Gasteiger partial charge in [0.2, 0.25) is 0 Å². The molecule has 1 aromatic rings. The van der Waals surface area contributed by atoms with Crippen LogP contribution in [0.5, 0.6) is 0 Å². The van der Waals surface area contributed by atoms with Gasteiger partial charge in [-0.2, -0.15) is 9.64 Å². The third kappa shape index (κ3) is 5.52. The number of thioether (sulfide) groups is 1. The molecule has 0 aliphatic rings. The molecular formula is C12H17N5S2. The van der Waals surface area contributed by atoms with Crippen molar-refractivity contribution in [1.82, 2.24) is 4.37 Å². The van der Waals surface area contributed by atoms with E-state index in [0.29, 0.717) is 15.6 Å². The van der Waals surface area contributed by atoms with Crippen LogP contribution < -0.4 is 0 Å². The van der Waals surface area contributed by atoms with Gasteiger partial charge in [0.05, 0.1) is 0 Å². The summed E-state index contributed by atoms with van der Waals surface area (Å²) >= 11 is 2.66. The van der Waals surface area contributed by atoms with E-state index in [9.17, 15) is 0 Å². The van der Waals surface area contributed by atoms with E-state index in [4.69, 9.17) is 10.8 Å². The van der Waals surface area contributed by atoms with E-state index in [1.165, 1.54) is 32.1 Å². The molecule has 102 valence electrons. The highest BCUT2D eigenvalue weighted by molar-refractivity contribution is 7.99. The first-order valence-corrected chi connectivity index (χ1v) is 8.17. The Morgan fingerprint density at radius 3 is 2.79 bits per heavy atom. The van der Waals surface area contributed by atoms with Crippen LogP contribution in [0.4, 0.5) is 5.00 Å². The lowest BCUT2D eigenvalue weighted by Crippen LogP contribution is -1.84. The maximum Gasteiger partial charge on any atom is 0.130 e. The van der Waals surface area contributed by atoms with E-state index in [-0.39, 0.29) is 0 Å². The van der Waals surface area contributed by atoms with Gasteiger partial charge in [-0.05, 0) is 34.4 Å². The summed E-state index contributed by atoms with van der Waals surface area (Å²) in [5.41, 5.74) is 8.80. The molecule has 0 N–H and O–H groups in total. The summed E-state index contributed by atoms with van der Waals surface area (Å²) in [5, 5.41) is 13.6. The molecule has 0 unspecified atom stereocenters. The van der Waals surface area contributed by atoms with Crippen LogP contribution in [0, 0.1) is 11.3 Å². The molecule has 19 heavy (non-hydrogen) atoms. The first kappa shape index (κ1) is 15.8. The lowest BCUT2D eigenvalue weighted by molar-refractivity contribution is 0.627. The standard InChI is InChI=1S/C12H17N5S2/c1-2-3-4-5-6-7-8-18-12-10(9-13)11(15-17-14)19-16-12/h2-8H2,1H3.